The molecule has 1 fully saturated rings. The van der Waals surface area contributed by atoms with Crippen LogP contribution in [0.3, 0.4) is 0 Å². The average molecular weight is 503 g/mol. The van der Waals surface area contributed by atoms with Crippen molar-refractivity contribution in [2.75, 3.05) is 6.26 Å². The number of ether oxygens (including phenoxy) is 1. The Morgan fingerprint density at radius 2 is 1.90 bits per heavy atom. The van der Waals surface area contributed by atoms with Crippen molar-refractivity contribution in [1.29, 1.82) is 0 Å². The molecule has 3 N–H and O–H groups in total. The molecular weight excluding hydrogens is 484 g/mol. The minimum absolute atomic E-state index is 0.125. The Morgan fingerprint density at radius 3 is 2.47 bits per heavy atom. The number of benzene rings is 1. The number of ketones is 1. The molecule has 1 aliphatic heterocycles. The Morgan fingerprint density at radius 1 is 1.30 bits per heavy atom. The Balaban J connectivity index is 2.11. The molecule has 0 spiro atoms. The first-order chi connectivity index (χ1) is 13.9. The quantitative estimate of drug-likeness (QED) is 0.463. The molecule has 0 saturated carbocycles. The fourth-order valence-corrected chi connectivity index (χ4v) is 5.97. The number of Topliss-reactive ketones (excluding diaryl/α,β-unsaturated/α-hetero) is 1. The van der Waals surface area contributed by atoms with Crippen molar-refractivity contribution in [3.8, 4) is 0 Å². The van der Waals surface area contributed by atoms with E-state index in [0.29, 0.717) is 6.26 Å². The molecule has 3 rings (SSSR count). The maximum atomic E-state index is 13.0. The number of carbonyl (C=O) groups excluding carboxylic acids is 1. The molecule has 0 amide bonds. The van der Waals surface area contributed by atoms with Crippen LogP contribution in [0.4, 0.5) is 0 Å². The zero-order valence-electron chi connectivity index (χ0n) is 15.9. The summed E-state index contributed by atoms with van der Waals surface area (Å²) in [6, 6.07) is 7.71. The number of aliphatic hydroxyl groups excluding tert-OH is 1. The number of hydrogen-bond donors (Lipinski definition) is 3. The number of sulfone groups is 1. The molecule has 2 heterocycles. The van der Waals surface area contributed by atoms with Gasteiger partial charge in [-0.1, -0.05) is 46.3 Å². The van der Waals surface area contributed by atoms with E-state index in [9.17, 15) is 33.0 Å². The zero-order chi connectivity index (χ0) is 22.4. The zero-order valence-corrected chi connectivity index (χ0v) is 18.3. The number of H-pyrrole nitrogens is 1. The number of nitrogens with zero attached hydrogens (tertiary/aromatic N) is 1. The number of nitrogens with one attached hydrogen (secondary N) is 1. The number of alkyl halides is 1. The van der Waals surface area contributed by atoms with Crippen LogP contribution in [0.25, 0.3) is 0 Å². The maximum Gasteiger partial charge on any atom is 0.330 e. The van der Waals surface area contributed by atoms with Crippen LogP contribution in [-0.4, -0.2) is 56.1 Å². The lowest BCUT2D eigenvalue weighted by Crippen LogP contribution is -2.55. The molecule has 0 bridgehead atoms. The molecule has 10 nitrogen and oxygen atoms in total. The summed E-state index contributed by atoms with van der Waals surface area (Å²) in [6.45, 7) is 1.41. The van der Waals surface area contributed by atoms with Crippen molar-refractivity contribution in [3.05, 3.63) is 68.5 Å². The van der Waals surface area contributed by atoms with Gasteiger partial charge in [-0.2, -0.15) is 0 Å². The summed E-state index contributed by atoms with van der Waals surface area (Å²) in [5, 5.41) is 21.5. The minimum Gasteiger partial charge on any atom is -0.380 e. The van der Waals surface area contributed by atoms with Gasteiger partial charge in [0.1, 0.15) is 10.9 Å². The molecule has 0 aliphatic carbocycles. The van der Waals surface area contributed by atoms with E-state index in [-0.39, 0.29) is 11.1 Å². The normalized spacial score (nSPS) is 27.7. The number of aromatic amines is 1. The first kappa shape index (κ1) is 22.6. The average Bonchev–Trinajstić information content (AvgIpc) is 2.96. The molecule has 1 unspecified atom stereocenters. The van der Waals surface area contributed by atoms with Crippen LogP contribution in [0.5, 0.6) is 0 Å². The van der Waals surface area contributed by atoms with Gasteiger partial charge in [-0.15, -0.1) is 0 Å². The van der Waals surface area contributed by atoms with Gasteiger partial charge in [0, 0.05) is 18.0 Å². The number of aliphatic hydroxyl groups is 2. The van der Waals surface area contributed by atoms with Crippen molar-refractivity contribution in [2.45, 2.75) is 35.1 Å². The third kappa shape index (κ3) is 3.58. The Bertz CT molecular complexity index is 1190. The summed E-state index contributed by atoms with van der Waals surface area (Å²) in [4.78, 5) is 34.6. The van der Waals surface area contributed by atoms with Crippen LogP contribution in [-0.2, 0) is 19.4 Å². The van der Waals surface area contributed by atoms with E-state index in [1.54, 1.807) is 18.2 Å². The van der Waals surface area contributed by atoms with Crippen molar-refractivity contribution < 1.29 is 28.2 Å². The van der Waals surface area contributed by atoms with Gasteiger partial charge in [0.05, 0.1) is 0 Å². The smallest absolute Gasteiger partial charge is 0.330 e. The third-order valence-electron chi connectivity index (χ3n) is 4.95. The fraction of sp³-hybridized carbons (Fsp3) is 0.389. The van der Waals surface area contributed by atoms with E-state index in [0.717, 1.165) is 10.8 Å². The van der Waals surface area contributed by atoms with Gasteiger partial charge in [0.2, 0.25) is 4.93 Å². The molecule has 1 aromatic heterocycles. The highest BCUT2D eigenvalue weighted by Gasteiger charge is 2.65. The van der Waals surface area contributed by atoms with Crippen molar-refractivity contribution in [1.82, 2.24) is 9.55 Å². The van der Waals surface area contributed by atoms with E-state index >= 15 is 0 Å². The van der Waals surface area contributed by atoms with Crippen LogP contribution in [0.1, 0.15) is 23.5 Å². The lowest BCUT2D eigenvalue weighted by atomic mass is 9.98. The van der Waals surface area contributed by atoms with E-state index in [4.69, 9.17) is 4.74 Å². The number of rotatable bonds is 5. The Labute approximate surface area is 179 Å². The predicted octanol–water partition coefficient (Wildman–Crippen LogP) is -0.458. The van der Waals surface area contributed by atoms with Crippen LogP contribution in [0.2, 0.25) is 0 Å². The number of carbonyl (C=O) groups is 1. The highest BCUT2D eigenvalue weighted by Crippen LogP contribution is 2.45. The third-order valence-corrected chi connectivity index (χ3v) is 8.06. The molecule has 1 aromatic carbocycles. The Kier molecular flexibility index (Phi) is 5.91. The summed E-state index contributed by atoms with van der Waals surface area (Å²) in [7, 11) is -4.37. The highest BCUT2D eigenvalue weighted by atomic mass is 79.9. The first-order valence-electron chi connectivity index (χ1n) is 8.70. The second-order valence-electron chi connectivity index (χ2n) is 7.03. The van der Waals surface area contributed by atoms with Crippen LogP contribution < -0.4 is 11.2 Å². The number of aryl methyl sites for hydroxylation is 1. The molecule has 1 saturated heterocycles. The molecule has 2 aromatic rings. The second-order valence-corrected chi connectivity index (χ2v) is 10.2. The van der Waals surface area contributed by atoms with Crippen LogP contribution >= 0.6 is 15.9 Å². The van der Waals surface area contributed by atoms with Gasteiger partial charge in [-0.3, -0.25) is 19.1 Å². The largest absolute Gasteiger partial charge is 0.380 e. The van der Waals surface area contributed by atoms with E-state index in [1.807, 2.05) is 4.98 Å². The summed E-state index contributed by atoms with van der Waals surface area (Å²) in [5.74, 6) is -1.10. The van der Waals surface area contributed by atoms with E-state index in [2.05, 4.69) is 15.9 Å². The van der Waals surface area contributed by atoms with Gasteiger partial charge in [-0.05, 0) is 12.5 Å². The molecule has 5 atom stereocenters. The van der Waals surface area contributed by atoms with Crippen molar-refractivity contribution in [2.24, 2.45) is 0 Å². The highest BCUT2D eigenvalue weighted by molar-refractivity contribution is 9.09. The van der Waals surface area contributed by atoms with Gasteiger partial charge in [0.25, 0.3) is 5.56 Å². The topological polar surface area (TPSA) is 156 Å². The number of aromatic nitrogens is 2. The lowest BCUT2D eigenvalue weighted by Gasteiger charge is -2.29. The van der Waals surface area contributed by atoms with Gasteiger partial charge in [0.15, 0.2) is 28.0 Å². The minimum atomic E-state index is -4.37. The standard InChI is InChI=1S/C18H19BrN2O8S/c1-9-8-21(17(25)20-15(9)24)16-13(19)18(26,30(2,27)28)14(29-16)12(23)11(22)10-6-4-3-5-7-10/h3-8,11,13-14,16,22,26H,1-2H3,(H,20,24,25)/t11?,13-,14+,16+,18-/m0/s1. The Hall–Kier alpha value is -2.12. The summed E-state index contributed by atoms with van der Waals surface area (Å²) in [6.07, 6.45) is -3.43. The molecule has 162 valence electrons. The summed E-state index contributed by atoms with van der Waals surface area (Å²) < 4.78 is 31.4. The second kappa shape index (κ2) is 7.85. The van der Waals surface area contributed by atoms with Gasteiger partial charge < -0.3 is 14.9 Å². The van der Waals surface area contributed by atoms with Crippen molar-refractivity contribution >= 4 is 31.6 Å². The number of hydrogen-bond acceptors (Lipinski definition) is 8. The van der Waals surface area contributed by atoms with Crippen LogP contribution in [0, 0.1) is 6.92 Å². The predicted molar refractivity (Wildman–Crippen MR) is 109 cm³/mol. The maximum absolute atomic E-state index is 13.0. The van der Waals surface area contributed by atoms with E-state index < -0.39 is 55.1 Å². The first-order valence-corrected chi connectivity index (χ1v) is 11.5. The molecular formula is C18H19BrN2O8S. The summed E-state index contributed by atoms with van der Waals surface area (Å²) in [5.41, 5.74) is -1.27. The van der Waals surface area contributed by atoms with E-state index in [1.165, 1.54) is 19.1 Å². The number of halogens is 1. The van der Waals surface area contributed by atoms with Gasteiger partial charge >= 0.3 is 5.69 Å². The molecule has 0 radical (unpaired) electrons. The SMILES string of the molecule is Cc1cn([C@@H]2O[C@H](C(=O)C(O)c3ccccc3)[C@@](O)(S(C)(=O)=O)[C@H]2Br)c(=O)[nH]c1=O. The lowest BCUT2D eigenvalue weighted by molar-refractivity contribution is -0.146. The van der Waals surface area contributed by atoms with Gasteiger partial charge in [-0.25, -0.2) is 13.2 Å². The summed E-state index contributed by atoms with van der Waals surface area (Å²) >= 11 is 3.05. The monoisotopic (exact) mass is 502 g/mol. The van der Waals surface area contributed by atoms with Crippen molar-refractivity contribution in [3.63, 3.8) is 0 Å². The molecule has 12 heteroatoms. The van der Waals surface area contributed by atoms with Crippen LogP contribution in [0.15, 0.2) is 46.1 Å². The molecule has 30 heavy (non-hydrogen) atoms. The molecule has 1 aliphatic rings. The fourth-order valence-electron chi connectivity index (χ4n) is 3.25.